The van der Waals surface area contributed by atoms with Gasteiger partial charge in [0, 0.05) is 19.3 Å². The minimum Gasteiger partial charge on any atom is -0.383 e. The first-order chi connectivity index (χ1) is 8.14. The van der Waals surface area contributed by atoms with Gasteiger partial charge in [-0.05, 0) is 31.2 Å². The minimum atomic E-state index is -0.0172. The molecule has 1 aromatic rings. The zero-order chi connectivity index (χ0) is 12.3. The third kappa shape index (κ3) is 2.96. The van der Waals surface area contributed by atoms with Crippen LogP contribution in [0.5, 0.6) is 0 Å². The van der Waals surface area contributed by atoms with E-state index in [2.05, 4.69) is 22.5 Å². The molecule has 0 aliphatic heterocycles. The fourth-order valence-electron chi connectivity index (χ4n) is 1.70. The van der Waals surface area contributed by atoms with E-state index in [1.54, 1.807) is 18.5 Å². The number of carbonyl (C=O) groups excluding carboxylic acids is 1. The highest BCUT2D eigenvalue weighted by atomic mass is 16.1. The number of nitrogens with zero attached hydrogens (tertiary/aromatic N) is 1. The summed E-state index contributed by atoms with van der Waals surface area (Å²) in [7, 11) is 0. The molecular weight excluding hydrogens is 214 g/mol. The number of carbonyl (C=O) groups is 1. The summed E-state index contributed by atoms with van der Waals surface area (Å²) in [6, 6.07) is 1.75. The standard InChI is InChI=1S/C13H19N3O/c1-3-15-11-8-14-7-4-10(11)12(17)16-9-13(2)5-6-13/h4,7-8,15H,3,5-6,9H2,1-2H3,(H,16,17). The van der Waals surface area contributed by atoms with Crippen molar-refractivity contribution in [3.63, 3.8) is 0 Å². The SMILES string of the molecule is CCNc1cnccc1C(=O)NCC1(C)CC1. The smallest absolute Gasteiger partial charge is 0.253 e. The second-order valence-electron chi connectivity index (χ2n) is 4.94. The molecule has 4 heteroatoms. The average Bonchev–Trinajstić information content (AvgIpc) is 3.06. The molecule has 1 heterocycles. The molecule has 1 saturated carbocycles. The maximum absolute atomic E-state index is 12.0. The van der Waals surface area contributed by atoms with Gasteiger partial charge in [-0.1, -0.05) is 6.92 Å². The first-order valence-electron chi connectivity index (χ1n) is 6.11. The van der Waals surface area contributed by atoms with Crippen LogP contribution in [-0.2, 0) is 0 Å². The number of pyridine rings is 1. The van der Waals surface area contributed by atoms with E-state index >= 15 is 0 Å². The predicted molar refractivity (Wildman–Crippen MR) is 68.1 cm³/mol. The topological polar surface area (TPSA) is 54.0 Å². The Morgan fingerprint density at radius 3 is 2.94 bits per heavy atom. The van der Waals surface area contributed by atoms with Crippen molar-refractivity contribution in [2.45, 2.75) is 26.7 Å². The Bertz CT molecular complexity index is 413. The highest BCUT2D eigenvalue weighted by Gasteiger charge is 2.37. The third-order valence-electron chi connectivity index (χ3n) is 3.21. The summed E-state index contributed by atoms with van der Waals surface area (Å²) in [5.41, 5.74) is 1.81. The van der Waals surface area contributed by atoms with Gasteiger partial charge in [0.1, 0.15) is 0 Å². The Kier molecular flexibility index (Phi) is 3.31. The maximum Gasteiger partial charge on any atom is 0.253 e. The van der Waals surface area contributed by atoms with Crippen molar-refractivity contribution in [1.82, 2.24) is 10.3 Å². The van der Waals surface area contributed by atoms with E-state index in [-0.39, 0.29) is 5.91 Å². The molecule has 1 aromatic heterocycles. The molecule has 1 aliphatic carbocycles. The van der Waals surface area contributed by atoms with Gasteiger partial charge in [-0.2, -0.15) is 0 Å². The lowest BCUT2D eigenvalue weighted by atomic mass is 10.1. The van der Waals surface area contributed by atoms with Crippen LogP contribution in [0.3, 0.4) is 0 Å². The molecule has 1 amide bonds. The van der Waals surface area contributed by atoms with Crippen LogP contribution >= 0.6 is 0 Å². The van der Waals surface area contributed by atoms with Gasteiger partial charge in [-0.15, -0.1) is 0 Å². The van der Waals surface area contributed by atoms with E-state index in [1.165, 1.54) is 12.8 Å². The van der Waals surface area contributed by atoms with Gasteiger partial charge in [0.2, 0.25) is 0 Å². The van der Waals surface area contributed by atoms with E-state index in [1.807, 2.05) is 6.92 Å². The summed E-state index contributed by atoms with van der Waals surface area (Å²) in [6.45, 7) is 5.74. The molecule has 2 N–H and O–H groups in total. The van der Waals surface area contributed by atoms with E-state index in [9.17, 15) is 4.79 Å². The maximum atomic E-state index is 12.0. The van der Waals surface area contributed by atoms with Crippen molar-refractivity contribution in [2.75, 3.05) is 18.4 Å². The molecular formula is C13H19N3O. The van der Waals surface area contributed by atoms with Crippen LogP contribution in [0.4, 0.5) is 5.69 Å². The molecule has 1 aliphatic rings. The first kappa shape index (κ1) is 11.9. The molecule has 17 heavy (non-hydrogen) atoms. The molecule has 0 spiro atoms. The van der Waals surface area contributed by atoms with Crippen molar-refractivity contribution in [3.05, 3.63) is 24.0 Å². The lowest BCUT2D eigenvalue weighted by molar-refractivity contribution is 0.0947. The van der Waals surface area contributed by atoms with Gasteiger partial charge in [0.05, 0.1) is 17.4 Å². The summed E-state index contributed by atoms with van der Waals surface area (Å²) in [6.07, 6.45) is 5.76. The van der Waals surface area contributed by atoms with Crippen LogP contribution < -0.4 is 10.6 Å². The molecule has 0 aromatic carbocycles. The number of nitrogens with one attached hydrogen (secondary N) is 2. The van der Waals surface area contributed by atoms with Crippen LogP contribution in [0.2, 0.25) is 0 Å². The minimum absolute atomic E-state index is 0.0172. The second kappa shape index (κ2) is 4.73. The monoisotopic (exact) mass is 233 g/mol. The quantitative estimate of drug-likeness (QED) is 0.818. The fraction of sp³-hybridized carbons (Fsp3) is 0.538. The highest BCUT2D eigenvalue weighted by molar-refractivity contribution is 5.99. The molecule has 0 saturated heterocycles. The van der Waals surface area contributed by atoms with Crippen molar-refractivity contribution in [3.8, 4) is 0 Å². The Morgan fingerprint density at radius 1 is 1.53 bits per heavy atom. The summed E-state index contributed by atoms with van der Waals surface area (Å²) in [5, 5.41) is 6.14. The predicted octanol–water partition coefficient (Wildman–Crippen LogP) is 2.04. The zero-order valence-corrected chi connectivity index (χ0v) is 10.4. The number of amides is 1. The van der Waals surface area contributed by atoms with Gasteiger partial charge >= 0.3 is 0 Å². The van der Waals surface area contributed by atoms with Crippen LogP contribution in [0.1, 0.15) is 37.0 Å². The van der Waals surface area contributed by atoms with Crippen LogP contribution in [-0.4, -0.2) is 24.0 Å². The fourth-order valence-corrected chi connectivity index (χ4v) is 1.70. The van der Waals surface area contributed by atoms with Crippen molar-refractivity contribution >= 4 is 11.6 Å². The lowest BCUT2D eigenvalue weighted by Gasteiger charge is -2.12. The zero-order valence-electron chi connectivity index (χ0n) is 10.4. The van der Waals surface area contributed by atoms with Gasteiger partial charge in [0.25, 0.3) is 5.91 Å². The number of rotatable bonds is 5. The Labute approximate surface area is 102 Å². The van der Waals surface area contributed by atoms with Crippen LogP contribution in [0.25, 0.3) is 0 Å². The van der Waals surface area contributed by atoms with Crippen LogP contribution in [0.15, 0.2) is 18.5 Å². The molecule has 0 bridgehead atoms. The van der Waals surface area contributed by atoms with Crippen molar-refractivity contribution in [2.24, 2.45) is 5.41 Å². The van der Waals surface area contributed by atoms with E-state index in [0.29, 0.717) is 11.0 Å². The summed E-state index contributed by atoms with van der Waals surface area (Å²) in [5.74, 6) is -0.0172. The third-order valence-corrected chi connectivity index (χ3v) is 3.21. The van der Waals surface area contributed by atoms with Gasteiger partial charge < -0.3 is 10.6 Å². The Hall–Kier alpha value is -1.58. The number of hydrogen-bond donors (Lipinski definition) is 2. The number of hydrogen-bond acceptors (Lipinski definition) is 3. The van der Waals surface area contributed by atoms with Gasteiger partial charge in [-0.25, -0.2) is 0 Å². The van der Waals surface area contributed by atoms with Crippen molar-refractivity contribution < 1.29 is 4.79 Å². The average molecular weight is 233 g/mol. The number of anilines is 1. The van der Waals surface area contributed by atoms with Crippen molar-refractivity contribution in [1.29, 1.82) is 0 Å². The Balaban J connectivity index is 2.02. The van der Waals surface area contributed by atoms with E-state index < -0.39 is 0 Å². The first-order valence-corrected chi connectivity index (χ1v) is 6.11. The molecule has 1 fully saturated rings. The van der Waals surface area contributed by atoms with Crippen LogP contribution in [0, 0.1) is 5.41 Å². The largest absolute Gasteiger partial charge is 0.383 e. The lowest BCUT2D eigenvalue weighted by Crippen LogP contribution is -2.29. The molecule has 0 unspecified atom stereocenters. The molecule has 4 nitrogen and oxygen atoms in total. The van der Waals surface area contributed by atoms with Gasteiger partial charge in [0.15, 0.2) is 0 Å². The van der Waals surface area contributed by atoms with E-state index in [0.717, 1.165) is 18.8 Å². The normalized spacial score (nSPS) is 16.4. The Morgan fingerprint density at radius 2 is 2.29 bits per heavy atom. The van der Waals surface area contributed by atoms with Gasteiger partial charge in [-0.3, -0.25) is 9.78 Å². The highest BCUT2D eigenvalue weighted by Crippen LogP contribution is 2.44. The molecule has 92 valence electrons. The molecule has 0 atom stereocenters. The summed E-state index contributed by atoms with van der Waals surface area (Å²) in [4.78, 5) is 16.1. The number of aromatic nitrogens is 1. The summed E-state index contributed by atoms with van der Waals surface area (Å²) < 4.78 is 0. The second-order valence-corrected chi connectivity index (χ2v) is 4.94. The summed E-state index contributed by atoms with van der Waals surface area (Å²) >= 11 is 0. The molecule has 2 rings (SSSR count). The molecule has 0 radical (unpaired) electrons. The van der Waals surface area contributed by atoms with E-state index in [4.69, 9.17) is 0 Å².